The standard InChI is InChI=1S/C14H21N3O/c1-17(2)8-7-15-14(18)12-9-11-5-3-4-6-13(11)16-10-12/h3-6,12,16H,7-10H2,1-2H3,(H,15,18). The van der Waals surface area contributed by atoms with Crippen LogP contribution in [0.4, 0.5) is 5.69 Å². The number of benzene rings is 1. The van der Waals surface area contributed by atoms with E-state index in [0.29, 0.717) is 6.54 Å². The number of nitrogens with zero attached hydrogens (tertiary/aromatic N) is 1. The zero-order valence-corrected chi connectivity index (χ0v) is 11.1. The third-order valence-electron chi connectivity index (χ3n) is 3.25. The molecule has 0 bridgehead atoms. The minimum Gasteiger partial charge on any atom is -0.384 e. The Morgan fingerprint density at radius 1 is 1.44 bits per heavy atom. The predicted octanol–water partition coefficient (Wildman–Crippen LogP) is 0.949. The van der Waals surface area contributed by atoms with E-state index in [2.05, 4.69) is 27.7 Å². The van der Waals surface area contributed by atoms with E-state index in [1.807, 2.05) is 26.2 Å². The van der Waals surface area contributed by atoms with Crippen LogP contribution < -0.4 is 10.6 Å². The van der Waals surface area contributed by atoms with Gasteiger partial charge in [-0.3, -0.25) is 4.79 Å². The van der Waals surface area contributed by atoms with Gasteiger partial charge in [0.1, 0.15) is 0 Å². The van der Waals surface area contributed by atoms with Gasteiger partial charge in [0.05, 0.1) is 5.92 Å². The number of anilines is 1. The van der Waals surface area contributed by atoms with Crippen molar-refractivity contribution in [3.8, 4) is 0 Å². The smallest absolute Gasteiger partial charge is 0.225 e. The zero-order chi connectivity index (χ0) is 13.0. The molecule has 0 aromatic heterocycles. The van der Waals surface area contributed by atoms with Gasteiger partial charge in [-0.25, -0.2) is 0 Å². The van der Waals surface area contributed by atoms with Gasteiger partial charge in [-0.2, -0.15) is 0 Å². The highest BCUT2D eigenvalue weighted by Gasteiger charge is 2.23. The minimum atomic E-state index is 0.0436. The van der Waals surface area contributed by atoms with Crippen molar-refractivity contribution in [1.82, 2.24) is 10.2 Å². The summed E-state index contributed by atoms with van der Waals surface area (Å²) in [7, 11) is 4.01. The molecule has 0 saturated heterocycles. The Bertz CT molecular complexity index is 417. The zero-order valence-electron chi connectivity index (χ0n) is 11.1. The van der Waals surface area contributed by atoms with Gasteiger partial charge in [0.15, 0.2) is 0 Å². The summed E-state index contributed by atoms with van der Waals surface area (Å²) in [6.45, 7) is 2.32. The first-order valence-corrected chi connectivity index (χ1v) is 6.41. The van der Waals surface area contributed by atoms with Crippen LogP contribution in [-0.2, 0) is 11.2 Å². The highest BCUT2D eigenvalue weighted by atomic mass is 16.1. The number of carbonyl (C=O) groups is 1. The molecule has 1 aliphatic heterocycles. The van der Waals surface area contributed by atoms with Gasteiger partial charge in [-0.1, -0.05) is 18.2 Å². The predicted molar refractivity (Wildman–Crippen MR) is 73.7 cm³/mol. The van der Waals surface area contributed by atoms with Gasteiger partial charge in [-0.05, 0) is 32.1 Å². The molecule has 1 aliphatic rings. The van der Waals surface area contributed by atoms with E-state index in [9.17, 15) is 4.79 Å². The summed E-state index contributed by atoms with van der Waals surface area (Å²) in [5.74, 6) is 0.195. The van der Waals surface area contributed by atoms with Crippen molar-refractivity contribution < 1.29 is 4.79 Å². The Labute approximate surface area is 108 Å². The number of amides is 1. The van der Waals surface area contributed by atoms with Crippen LogP contribution in [0.15, 0.2) is 24.3 Å². The molecule has 2 rings (SSSR count). The molecule has 1 aromatic carbocycles. The van der Waals surface area contributed by atoms with Crippen LogP contribution in [-0.4, -0.2) is 44.5 Å². The van der Waals surface area contributed by atoms with Crippen LogP contribution in [0.25, 0.3) is 0 Å². The van der Waals surface area contributed by atoms with Crippen molar-refractivity contribution in [1.29, 1.82) is 0 Å². The Hall–Kier alpha value is -1.55. The van der Waals surface area contributed by atoms with E-state index in [1.54, 1.807) is 0 Å². The van der Waals surface area contributed by atoms with Gasteiger partial charge in [-0.15, -0.1) is 0 Å². The van der Waals surface area contributed by atoms with Crippen molar-refractivity contribution >= 4 is 11.6 Å². The van der Waals surface area contributed by atoms with E-state index in [1.165, 1.54) is 5.56 Å². The molecule has 4 nitrogen and oxygen atoms in total. The number of fused-ring (bicyclic) bond motifs is 1. The topological polar surface area (TPSA) is 44.4 Å². The largest absolute Gasteiger partial charge is 0.384 e. The lowest BCUT2D eigenvalue weighted by Crippen LogP contribution is -2.40. The third kappa shape index (κ3) is 3.23. The van der Waals surface area contributed by atoms with Crippen LogP contribution in [0.3, 0.4) is 0 Å². The average molecular weight is 247 g/mol. The lowest BCUT2D eigenvalue weighted by molar-refractivity contribution is -0.124. The van der Waals surface area contributed by atoms with Crippen LogP contribution in [0, 0.1) is 5.92 Å². The van der Waals surface area contributed by atoms with E-state index in [-0.39, 0.29) is 11.8 Å². The molecule has 1 unspecified atom stereocenters. The molecular weight excluding hydrogens is 226 g/mol. The summed E-state index contributed by atoms with van der Waals surface area (Å²) in [5.41, 5.74) is 2.39. The molecule has 1 amide bonds. The van der Waals surface area contributed by atoms with Gasteiger partial charge in [0.25, 0.3) is 0 Å². The molecule has 98 valence electrons. The Kier molecular flexibility index (Phi) is 4.20. The summed E-state index contributed by atoms with van der Waals surface area (Å²) in [6, 6.07) is 8.19. The number of hydrogen-bond acceptors (Lipinski definition) is 3. The van der Waals surface area contributed by atoms with Crippen molar-refractivity contribution in [2.24, 2.45) is 5.92 Å². The lowest BCUT2D eigenvalue weighted by Gasteiger charge is -2.25. The summed E-state index contributed by atoms with van der Waals surface area (Å²) < 4.78 is 0. The molecule has 0 aliphatic carbocycles. The second kappa shape index (κ2) is 5.87. The monoisotopic (exact) mass is 247 g/mol. The first-order chi connectivity index (χ1) is 8.66. The van der Waals surface area contributed by atoms with Crippen LogP contribution in [0.2, 0.25) is 0 Å². The molecule has 1 heterocycles. The third-order valence-corrected chi connectivity index (χ3v) is 3.25. The number of rotatable bonds is 4. The second-order valence-corrected chi connectivity index (χ2v) is 5.03. The van der Waals surface area contributed by atoms with Gasteiger partial charge in [0.2, 0.25) is 5.91 Å². The second-order valence-electron chi connectivity index (χ2n) is 5.03. The molecule has 0 radical (unpaired) electrons. The van der Waals surface area contributed by atoms with Gasteiger partial charge in [0, 0.05) is 25.3 Å². The van der Waals surface area contributed by atoms with E-state index >= 15 is 0 Å². The number of likely N-dealkylation sites (N-methyl/N-ethyl adjacent to an activating group) is 1. The van der Waals surface area contributed by atoms with Crippen molar-refractivity contribution in [2.45, 2.75) is 6.42 Å². The minimum absolute atomic E-state index is 0.0436. The molecule has 1 atom stereocenters. The Balaban J connectivity index is 1.87. The molecular formula is C14H21N3O. The van der Waals surface area contributed by atoms with Crippen LogP contribution in [0.1, 0.15) is 5.56 Å². The first kappa shape index (κ1) is 12.9. The Morgan fingerprint density at radius 2 is 2.22 bits per heavy atom. The highest BCUT2D eigenvalue weighted by Crippen LogP contribution is 2.24. The van der Waals surface area contributed by atoms with Gasteiger partial charge < -0.3 is 15.5 Å². The van der Waals surface area contributed by atoms with Crippen molar-refractivity contribution in [3.05, 3.63) is 29.8 Å². The lowest BCUT2D eigenvalue weighted by atomic mass is 9.93. The maximum Gasteiger partial charge on any atom is 0.225 e. The number of carbonyl (C=O) groups excluding carboxylic acids is 1. The quantitative estimate of drug-likeness (QED) is 0.832. The van der Waals surface area contributed by atoms with E-state index in [4.69, 9.17) is 0 Å². The van der Waals surface area contributed by atoms with Crippen molar-refractivity contribution in [3.63, 3.8) is 0 Å². The fraction of sp³-hybridized carbons (Fsp3) is 0.500. The molecule has 1 aromatic rings. The van der Waals surface area contributed by atoms with E-state index in [0.717, 1.165) is 25.2 Å². The van der Waals surface area contributed by atoms with E-state index < -0.39 is 0 Å². The maximum atomic E-state index is 12.0. The Morgan fingerprint density at radius 3 is 3.00 bits per heavy atom. The molecule has 2 N–H and O–H groups in total. The summed E-state index contributed by atoms with van der Waals surface area (Å²) in [5, 5.41) is 6.32. The summed E-state index contributed by atoms with van der Waals surface area (Å²) in [4.78, 5) is 14.1. The summed E-state index contributed by atoms with van der Waals surface area (Å²) >= 11 is 0. The average Bonchev–Trinajstić information content (AvgIpc) is 2.37. The van der Waals surface area contributed by atoms with Crippen LogP contribution in [0.5, 0.6) is 0 Å². The fourth-order valence-electron chi connectivity index (χ4n) is 2.17. The molecule has 4 heteroatoms. The van der Waals surface area contributed by atoms with Crippen molar-refractivity contribution in [2.75, 3.05) is 39.0 Å². The normalized spacial score (nSPS) is 18.1. The van der Waals surface area contributed by atoms with Gasteiger partial charge >= 0.3 is 0 Å². The molecule has 0 saturated carbocycles. The number of nitrogens with one attached hydrogen (secondary N) is 2. The molecule has 0 fully saturated rings. The van der Waals surface area contributed by atoms with Crippen LogP contribution >= 0.6 is 0 Å². The number of para-hydroxylation sites is 1. The SMILES string of the molecule is CN(C)CCNC(=O)C1CNc2ccccc2C1. The maximum absolute atomic E-state index is 12.0. The molecule has 18 heavy (non-hydrogen) atoms. The fourth-order valence-corrected chi connectivity index (χ4v) is 2.17. The first-order valence-electron chi connectivity index (χ1n) is 6.41. The number of hydrogen-bond donors (Lipinski definition) is 2. The highest BCUT2D eigenvalue weighted by molar-refractivity contribution is 5.80. The molecule has 0 spiro atoms. The summed E-state index contributed by atoms with van der Waals surface area (Å²) in [6.07, 6.45) is 0.830.